The molecule has 0 aliphatic heterocycles. The Morgan fingerprint density at radius 2 is 2.00 bits per heavy atom. The molecule has 0 saturated carbocycles. The fraction of sp³-hybridized carbons (Fsp3) is 0.200. The molecule has 0 saturated heterocycles. The van der Waals surface area contributed by atoms with Crippen molar-refractivity contribution in [2.75, 3.05) is 5.73 Å². The Kier molecular flexibility index (Phi) is 3.27. The second kappa shape index (κ2) is 5.01. The van der Waals surface area contributed by atoms with Crippen molar-refractivity contribution in [2.24, 2.45) is 0 Å². The van der Waals surface area contributed by atoms with Gasteiger partial charge in [0.1, 0.15) is 5.52 Å². The Labute approximate surface area is 123 Å². The molecule has 1 aromatic carbocycles. The van der Waals surface area contributed by atoms with Crippen LogP contribution in [0.3, 0.4) is 0 Å². The van der Waals surface area contributed by atoms with E-state index in [4.69, 9.17) is 10.2 Å². The van der Waals surface area contributed by atoms with Crippen LogP contribution in [0, 0.1) is 0 Å². The summed E-state index contributed by atoms with van der Waals surface area (Å²) in [6.45, 7) is 1.91. The van der Waals surface area contributed by atoms with E-state index in [-0.39, 0.29) is 17.0 Å². The first-order chi connectivity index (χ1) is 10.4. The van der Waals surface area contributed by atoms with Crippen LogP contribution in [0.4, 0.5) is 18.9 Å². The summed E-state index contributed by atoms with van der Waals surface area (Å²) in [6, 6.07) is 4.81. The molecule has 3 rings (SSSR count). The van der Waals surface area contributed by atoms with Crippen LogP contribution in [-0.2, 0) is 12.6 Å². The number of fused-ring (bicyclic) bond motifs is 1. The van der Waals surface area contributed by atoms with Crippen LogP contribution in [0.2, 0.25) is 0 Å². The van der Waals surface area contributed by atoms with Crippen molar-refractivity contribution < 1.29 is 17.6 Å². The molecule has 3 aromatic rings. The van der Waals surface area contributed by atoms with Crippen LogP contribution in [-0.4, -0.2) is 9.97 Å². The first-order valence-corrected chi connectivity index (χ1v) is 6.61. The van der Waals surface area contributed by atoms with Crippen LogP contribution in [0.1, 0.15) is 18.2 Å². The number of aryl methyl sites for hydroxylation is 1. The zero-order valence-corrected chi connectivity index (χ0v) is 11.6. The highest BCUT2D eigenvalue weighted by molar-refractivity contribution is 5.80. The number of nitrogens with zero attached hydrogens (tertiary/aromatic N) is 2. The molecule has 4 nitrogen and oxygen atoms in total. The summed E-state index contributed by atoms with van der Waals surface area (Å²) in [5, 5.41) is 0. The Morgan fingerprint density at radius 3 is 2.68 bits per heavy atom. The Bertz CT molecular complexity index is 840. The molecule has 114 valence electrons. The molecular formula is C15H12F3N3O. The lowest BCUT2D eigenvalue weighted by molar-refractivity contribution is -0.137. The van der Waals surface area contributed by atoms with Crippen LogP contribution in [0.15, 0.2) is 34.9 Å². The predicted molar refractivity (Wildman–Crippen MR) is 76.0 cm³/mol. The number of aromatic nitrogens is 2. The molecule has 0 aliphatic carbocycles. The Balaban J connectivity index is 2.13. The van der Waals surface area contributed by atoms with Gasteiger partial charge in [-0.15, -0.1) is 0 Å². The molecule has 0 atom stereocenters. The number of nitrogen functional groups attached to an aromatic ring is 1. The van der Waals surface area contributed by atoms with Crippen LogP contribution in [0.25, 0.3) is 22.6 Å². The van der Waals surface area contributed by atoms with Crippen molar-refractivity contribution in [3.63, 3.8) is 0 Å². The number of anilines is 1. The zero-order chi connectivity index (χ0) is 15.9. The lowest BCUT2D eigenvalue weighted by Crippen LogP contribution is -2.03. The molecule has 0 amide bonds. The molecule has 22 heavy (non-hydrogen) atoms. The lowest BCUT2D eigenvalue weighted by atomic mass is 10.1. The first-order valence-electron chi connectivity index (χ1n) is 6.61. The van der Waals surface area contributed by atoms with Crippen molar-refractivity contribution in [2.45, 2.75) is 19.5 Å². The number of hydrogen-bond donors (Lipinski definition) is 1. The molecule has 0 spiro atoms. The summed E-state index contributed by atoms with van der Waals surface area (Å²) >= 11 is 0. The molecule has 0 radical (unpaired) electrons. The number of nitrogens with two attached hydrogens (primary N) is 1. The van der Waals surface area contributed by atoms with E-state index in [0.29, 0.717) is 23.4 Å². The lowest BCUT2D eigenvalue weighted by Gasteiger charge is -2.05. The maximum absolute atomic E-state index is 12.7. The van der Waals surface area contributed by atoms with Gasteiger partial charge >= 0.3 is 6.18 Å². The quantitative estimate of drug-likeness (QED) is 0.775. The van der Waals surface area contributed by atoms with Crippen molar-refractivity contribution in [3.8, 4) is 11.5 Å². The van der Waals surface area contributed by atoms with Gasteiger partial charge in [-0.05, 0) is 30.7 Å². The summed E-state index contributed by atoms with van der Waals surface area (Å²) in [7, 11) is 0. The molecular weight excluding hydrogens is 295 g/mol. The third kappa shape index (κ3) is 2.38. The van der Waals surface area contributed by atoms with Gasteiger partial charge in [0.15, 0.2) is 5.58 Å². The highest BCUT2D eigenvalue weighted by atomic mass is 19.4. The van der Waals surface area contributed by atoms with Gasteiger partial charge in [0.05, 0.1) is 22.5 Å². The average molecular weight is 307 g/mol. The van der Waals surface area contributed by atoms with Gasteiger partial charge in [0.2, 0.25) is 5.89 Å². The van der Waals surface area contributed by atoms with E-state index in [1.807, 2.05) is 6.92 Å². The second-order valence-electron chi connectivity index (χ2n) is 4.77. The van der Waals surface area contributed by atoms with Crippen LogP contribution < -0.4 is 5.73 Å². The monoisotopic (exact) mass is 307 g/mol. The van der Waals surface area contributed by atoms with E-state index >= 15 is 0 Å². The van der Waals surface area contributed by atoms with E-state index in [1.165, 1.54) is 6.07 Å². The third-order valence-corrected chi connectivity index (χ3v) is 3.35. The van der Waals surface area contributed by atoms with Crippen molar-refractivity contribution in [1.29, 1.82) is 0 Å². The van der Waals surface area contributed by atoms with Gasteiger partial charge in [-0.25, -0.2) is 4.98 Å². The number of pyridine rings is 1. The van der Waals surface area contributed by atoms with E-state index < -0.39 is 11.7 Å². The highest BCUT2D eigenvalue weighted by Gasteiger charge is 2.31. The topological polar surface area (TPSA) is 64.9 Å². The predicted octanol–water partition coefficient (Wildman–Crippen LogP) is 4.05. The minimum absolute atomic E-state index is 0.138. The van der Waals surface area contributed by atoms with Gasteiger partial charge in [0, 0.05) is 6.20 Å². The largest absolute Gasteiger partial charge is 0.436 e. The van der Waals surface area contributed by atoms with Gasteiger partial charge in [-0.3, -0.25) is 4.98 Å². The summed E-state index contributed by atoms with van der Waals surface area (Å²) in [6.07, 6.45) is -2.21. The maximum atomic E-state index is 12.7. The minimum Gasteiger partial charge on any atom is -0.436 e. The Hall–Kier alpha value is -2.57. The average Bonchev–Trinajstić information content (AvgIpc) is 2.89. The second-order valence-corrected chi connectivity index (χ2v) is 4.77. The fourth-order valence-corrected chi connectivity index (χ4v) is 2.20. The number of benzene rings is 1. The summed E-state index contributed by atoms with van der Waals surface area (Å²) in [5.41, 5.74) is 7.29. The van der Waals surface area contributed by atoms with Gasteiger partial charge in [-0.1, -0.05) is 6.92 Å². The summed E-state index contributed by atoms with van der Waals surface area (Å²) in [4.78, 5) is 8.26. The first kappa shape index (κ1) is 14.4. The number of hydrogen-bond acceptors (Lipinski definition) is 4. The van der Waals surface area contributed by atoms with E-state index in [9.17, 15) is 13.2 Å². The molecule has 0 unspecified atom stereocenters. The van der Waals surface area contributed by atoms with E-state index in [0.717, 1.165) is 12.1 Å². The van der Waals surface area contributed by atoms with E-state index in [1.54, 1.807) is 12.3 Å². The number of oxazole rings is 1. The minimum atomic E-state index is -4.42. The standard InChI is InChI=1S/C15H12F3N3O/c1-2-10-13(19)9(5-6-20-10)14-21-11-7-8(15(16,17)18)3-4-12(11)22-14/h3-7H,2,19H2,1H3. The molecule has 2 aromatic heterocycles. The molecule has 2 heterocycles. The smallest absolute Gasteiger partial charge is 0.416 e. The molecule has 0 aliphatic rings. The summed E-state index contributed by atoms with van der Waals surface area (Å²) < 4.78 is 43.7. The van der Waals surface area contributed by atoms with Crippen molar-refractivity contribution >= 4 is 16.8 Å². The normalized spacial score (nSPS) is 12.0. The third-order valence-electron chi connectivity index (χ3n) is 3.35. The Morgan fingerprint density at radius 1 is 1.23 bits per heavy atom. The molecule has 7 heteroatoms. The van der Waals surface area contributed by atoms with E-state index in [2.05, 4.69) is 9.97 Å². The number of alkyl halides is 3. The highest BCUT2D eigenvalue weighted by Crippen LogP contribution is 2.34. The van der Waals surface area contributed by atoms with Crippen LogP contribution >= 0.6 is 0 Å². The zero-order valence-electron chi connectivity index (χ0n) is 11.6. The SMILES string of the molecule is CCc1nccc(-c2nc3cc(C(F)(F)F)ccc3o2)c1N. The number of halogens is 3. The van der Waals surface area contributed by atoms with Crippen molar-refractivity contribution in [1.82, 2.24) is 9.97 Å². The molecule has 0 fully saturated rings. The molecule has 0 bridgehead atoms. The van der Waals surface area contributed by atoms with Gasteiger partial charge < -0.3 is 10.2 Å². The van der Waals surface area contributed by atoms with Gasteiger partial charge in [0.25, 0.3) is 0 Å². The van der Waals surface area contributed by atoms with Gasteiger partial charge in [-0.2, -0.15) is 13.2 Å². The van der Waals surface area contributed by atoms with Crippen LogP contribution in [0.5, 0.6) is 0 Å². The maximum Gasteiger partial charge on any atom is 0.416 e. The molecule has 2 N–H and O–H groups in total. The fourth-order valence-electron chi connectivity index (χ4n) is 2.20. The summed E-state index contributed by atoms with van der Waals surface area (Å²) in [5.74, 6) is 0.184. The number of rotatable bonds is 2. The van der Waals surface area contributed by atoms with Crippen molar-refractivity contribution in [3.05, 3.63) is 41.7 Å².